The molecule has 152 valence electrons. The van der Waals surface area contributed by atoms with Crippen LogP contribution in [0.3, 0.4) is 0 Å². The minimum atomic E-state index is -0.126. The Labute approximate surface area is 175 Å². The fraction of sp³-hybridized carbons (Fsp3) is 0.292. The number of benzene rings is 2. The molecule has 6 nitrogen and oxygen atoms in total. The van der Waals surface area contributed by atoms with Crippen LogP contribution in [0.25, 0.3) is 11.0 Å². The fourth-order valence-corrected chi connectivity index (χ4v) is 3.88. The Morgan fingerprint density at radius 2 is 2.03 bits per heavy atom. The van der Waals surface area contributed by atoms with Crippen molar-refractivity contribution in [3.63, 3.8) is 0 Å². The highest BCUT2D eigenvalue weighted by Crippen LogP contribution is 2.39. The zero-order chi connectivity index (χ0) is 20.7. The van der Waals surface area contributed by atoms with Crippen molar-refractivity contribution in [2.24, 2.45) is 7.05 Å². The Balaban J connectivity index is 1.34. The molecule has 0 aliphatic heterocycles. The number of nitrogens with zero attached hydrogens (tertiary/aromatic N) is 3. The maximum atomic E-state index is 13.0. The maximum absolute atomic E-state index is 13.0. The second-order valence-corrected chi connectivity index (χ2v) is 8.16. The summed E-state index contributed by atoms with van der Waals surface area (Å²) in [5.74, 6) is 1.57. The fourth-order valence-electron chi connectivity index (χ4n) is 3.88. The van der Waals surface area contributed by atoms with Gasteiger partial charge in [0.25, 0.3) is 5.91 Å². The third-order valence-corrected chi connectivity index (χ3v) is 5.86. The van der Waals surface area contributed by atoms with Gasteiger partial charge in [-0.15, -0.1) is 0 Å². The van der Waals surface area contributed by atoms with Crippen molar-refractivity contribution < 1.29 is 4.79 Å². The maximum Gasteiger partial charge on any atom is 0.255 e. The van der Waals surface area contributed by atoms with Crippen LogP contribution >= 0.6 is 0 Å². The molecule has 1 unspecified atom stereocenters. The molecule has 1 atom stereocenters. The number of aromatic amines is 1. The average Bonchev–Trinajstić information content (AvgIpc) is 3.42. The number of amides is 1. The summed E-state index contributed by atoms with van der Waals surface area (Å²) in [6.45, 7) is 2.00. The zero-order valence-electron chi connectivity index (χ0n) is 17.2. The average molecular weight is 399 g/mol. The van der Waals surface area contributed by atoms with Crippen LogP contribution in [0.5, 0.6) is 0 Å². The van der Waals surface area contributed by atoms with E-state index < -0.39 is 0 Å². The molecule has 1 aliphatic rings. The van der Waals surface area contributed by atoms with Crippen LogP contribution in [-0.2, 0) is 13.5 Å². The molecule has 1 fully saturated rings. The van der Waals surface area contributed by atoms with Crippen LogP contribution in [0.2, 0.25) is 0 Å². The number of H-pyrrole nitrogens is 1. The van der Waals surface area contributed by atoms with Crippen LogP contribution in [0, 0.1) is 0 Å². The Bertz CT molecular complexity index is 1200. The Kier molecular flexibility index (Phi) is 4.62. The largest absolute Gasteiger partial charge is 0.345 e. The van der Waals surface area contributed by atoms with Crippen LogP contribution in [-0.4, -0.2) is 25.7 Å². The second-order valence-electron chi connectivity index (χ2n) is 8.16. The van der Waals surface area contributed by atoms with Crippen LogP contribution in [0.4, 0.5) is 0 Å². The minimum absolute atomic E-state index is 0.107. The molecular formula is C24H25N5O. The van der Waals surface area contributed by atoms with Crippen molar-refractivity contribution in [1.82, 2.24) is 25.1 Å². The number of carbonyl (C=O) groups excluding carboxylic acids is 1. The Morgan fingerprint density at radius 1 is 1.23 bits per heavy atom. The summed E-state index contributed by atoms with van der Waals surface area (Å²) < 4.78 is 1.78. The molecule has 5 rings (SSSR count). The molecule has 1 aliphatic carbocycles. The monoisotopic (exact) mass is 399 g/mol. The van der Waals surface area contributed by atoms with E-state index in [2.05, 4.69) is 38.6 Å². The van der Waals surface area contributed by atoms with E-state index in [1.807, 2.05) is 44.3 Å². The first-order chi connectivity index (χ1) is 14.6. The smallest absolute Gasteiger partial charge is 0.255 e. The van der Waals surface area contributed by atoms with Crippen molar-refractivity contribution >= 4 is 16.9 Å². The first kappa shape index (κ1) is 18.6. The summed E-state index contributed by atoms with van der Waals surface area (Å²) in [5.41, 5.74) is 5.74. The lowest BCUT2D eigenvalue weighted by molar-refractivity contribution is 0.0939. The van der Waals surface area contributed by atoms with Crippen molar-refractivity contribution in [3.8, 4) is 0 Å². The number of aromatic nitrogens is 4. The van der Waals surface area contributed by atoms with Gasteiger partial charge in [0, 0.05) is 19.4 Å². The topological polar surface area (TPSA) is 75.6 Å². The van der Waals surface area contributed by atoms with Crippen molar-refractivity contribution in [1.29, 1.82) is 0 Å². The van der Waals surface area contributed by atoms with E-state index in [1.54, 1.807) is 10.9 Å². The SMILES string of the molecule is CC(NC(=O)c1cnn(C)c1Cc1ccccc1)c1ccc2nc(C3CC3)[nH]c2c1. The Morgan fingerprint density at radius 3 is 2.80 bits per heavy atom. The van der Waals surface area contributed by atoms with E-state index in [0.717, 1.165) is 33.7 Å². The molecular weight excluding hydrogens is 374 g/mol. The second kappa shape index (κ2) is 7.44. The highest BCUT2D eigenvalue weighted by molar-refractivity contribution is 5.95. The van der Waals surface area contributed by atoms with Crippen LogP contribution in [0.1, 0.15) is 64.7 Å². The van der Waals surface area contributed by atoms with E-state index >= 15 is 0 Å². The third-order valence-electron chi connectivity index (χ3n) is 5.86. The normalized spacial score (nSPS) is 14.7. The lowest BCUT2D eigenvalue weighted by atomic mass is 10.0. The van der Waals surface area contributed by atoms with E-state index in [9.17, 15) is 4.79 Å². The Hall–Kier alpha value is -3.41. The van der Waals surface area contributed by atoms with Crippen LogP contribution < -0.4 is 5.32 Å². The lowest BCUT2D eigenvalue weighted by Gasteiger charge is -2.15. The molecule has 0 spiro atoms. The van der Waals surface area contributed by atoms with Gasteiger partial charge >= 0.3 is 0 Å². The summed E-state index contributed by atoms with van der Waals surface area (Å²) in [4.78, 5) is 21.2. The van der Waals surface area contributed by atoms with Gasteiger partial charge in [-0.2, -0.15) is 5.10 Å². The number of hydrogen-bond acceptors (Lipinski definition) is 3. The van der Waals surface area contributed by atoms with E-state index in [0.29, 0.717) is 17.9 Å². The third kappa shape index (κ3) is 3.61. The number of nitrogens with one attached hydrogen (secondary N) is 2. The summed E-state index contributed by atoms with van der Waals surface area (Å²) in [7, 11) is 1.88. The highest BCUT2D eigenvalue weighted by Gasteiger charge is 2.27. The lowest BCUT2D eigenvalue weighted by Crippen LogP contribution is -2.27. The highest BCUT2D eigenvalue weighted by atomic mass is 16.1. The molecule has 2 aromatic heterocycles. The van der Waals surface area contributed by atoms with E-state index in [4.69, 9.17) is 0 Å². The van der Waals surface area contributed by atoms with Crippen molar-refractivity contribution in [2.45, 2.75) is 38.1 Å². The van der Waals surface area contributed by atoms with Gasteiger partial charge in [-0.1, -0.05) is 36.4 Å². The summed E-state index contributed by atoms with van der Waals surface area (Å²) >= 11 is 0. The van der Waals surface area contributed by atoms with E-state index in [1.165, 1.54) is 12.8 Å². The summed E-state index contributed by atoms with van der Waals surface area (Å²) in [6, 6.07) is 16.2. The molecule has 30 heavy (non-hydrogen) atoms. The van der Waals surface area contributed by atoms with Crippen molar-refractivity contribution in [2.75, 3.05) is 0 Å². The molecule has 2 heterocycles. The first-order valence-electron chi connectivity index (χ1n) is 10.4. The van der Waals surface area contributed by atoms with Gasteiger partial charge in [0.1, 0.15) is 5.82 Å². The first-order valence-corrected chi connectivity index (χ1v) is 10.4. The molecule has 0 radical (unpaired) electrons. The van der Waals surface area contributed by atoms with Gasteiger partial charge < -0.3 is 10.3 Å². The molecule has 4 aromatic rings. The number of aryl methyl sites for hydroxylation is 1. The number of imidazole rings is 1. The van der Waals surface area contributed by atoms with Gasteiger partial charge in [0.15, 0.2) is 0 Å². The van der Waals surface area contributed by atoms with Gasteiger partial charge in [-0.05, 0) is 43.0 Å². The molecule has 6 heteroatoms. The van der Waals surface area contributed by atoms with E-state index in [-0.39, 0.29) is 11.9 Å². The quantitative estimate of drug-likeness (QED) is 0.509. The molecule has 2 N–H and O–H groups in total. The summed E-state index contributed by atoms with van der Waals surface area (Å²) in [6.07, 6.45) is 4.75. The predicted molar refractivity (Wildman–Crippen MR) is 116 cm³/mol. The van der Waals surface area contributed by atoms with Gasteiger partial charge in [0.2, 0.25) is 0 Å². The minimum Gasteiger partial charge on any atom is -0.345 e. The molecule has 0 bridgehead atoms. The molecule has 1 amide bonds. The van der Waals surface area contributed by atoms with Gasteiger partial charge in [0.05, 0.1) is 34.5 Å². The molecule has 0 saturated heterocycles. The summed E-state index contributed by atoms with van der Waals surface area (Å²) in [5, 5.41) is 7.45. The molecule has 1 saturated carbocycles. The zero-order valence-corrected chi connectivity index (χ0v) is 17.2. The van der Waals surface area contributed by atoms with Crippen molar-refractivity contribution in [3.05, 3.63) is 82.9 Å². The predicted octanol–water partition coefficient (Wildman–Crippen LogP) is 4.26. The van der Waals surface area contributed by atoms with Crippen LogP contribution in [0.15, 0.2) is 54.7 Å². The van der Waals surface area contributed by atoms with Gasteiger partial charge in [-0.3, -0.25) is 9.48 Å². The number of rotatable bonds is 6. The number of carbonyl (C=O) groups is 1. The molecule has 2 aromatic carbocycles. The standard InChI is InChI=1S/C24H25N5O/c1-15(18-10-11-20-21(13-18)28-23(27-20)17-8-9-17)26-24(30)19-14-25-29(2)22(19)12-16-6-4-3-5-7-16/h3-7,10-11,13-15,17H,8-9,12H2,1-2H3,(H,26,30)(H,27,28). The number of fused-ring (bicyclic) bond motifs is 1. The number of hydrogen-bond donors (Lipinski definition) is 2. The van der Waals surface area contributed by atoms with Gasteiger partial charge in [-0.25, -0.2) is 4.98 Å².